The van der Waals surface area contributed by atoms with Crippen LogP contribution in [0.5, 0.6) is 0 Å². The lowest BCUT2D eigenvalue weighted by Gasteiger charge is -2.19. The minimum absolute atomic E-state index is 0. The third-order valence-electron chi connectivity index (χ3n) is 13.8. The highest BCUT2D eigenvalue weighted by molar-refractivity contribution is 6.32. The molecule has 24 nitrogen and oxygen atoms in total. The van der Waals surface area contributed by atoms with Crippen LogP contribution >= 0.6 is 93.6 Å². The lowest BCUT2D eigenvalue weighted by Crippen LogP contribution is -2.35. The van der Waals surface area contributed by atoms with E-state index < -0.39 is 64.4 Å². The first-order chi connectivity index (χ1) is 53.4. The number of aromatic amines is 1. The molecule has 0 bridgehead atoms. The second-order valence-electron chi connectivity index (χ2n) is 23.3. The highest BCUT2D eigenvalue weighted by Crippen LogP contribution is 2.27. The number of ether oxygens (including phenoxy) is 4. The predicted molar refractivity (Wildman–Crippen MR) is 424 cm³/mol. The zero-order chi connectivity index (χ0) is 84.4. The summed E-state index contributed by atoms with van der Waals surface area (Å²) in [7, 11) is 0. The summed E-state index contributed by atoms with van der Waals surface area (Å²) in [5.74, 6) is -3.52. The summed E-state index contributed by atoms with van der Waals surface area (Å²) in [5, 5.41) is 57.1. The molecule has 8 N–H and O–H groups in total. The summed E-state index contributed by atoms with van der Waals surface area (Å²) in [5.41, 5.74) is 7.83. The van der Waals surface area contributed by atoms with Crippen LogP contribution in [0.25, 0.3) is 34.2 Å². The first-order valence-corrected chi connectivity index (χ1v) is 35.9. The van der Waals surface area contributed by atoms with Gasteiger partial charge in [0.25, 0.3) is 0 Å². The van der Waals surface area contributed by atoms with Gasteiger partial charge in [-0.3, -0.25) is 24.9 Å². The zero-order valence-corrected chi connectivity index (χ0v) is 67.8. The Morgan fingerprint density at radius 2 is 0.886 bits per heavy atom. The zero-order valence-electron chi connectivity index (χ0n) is 61.7. The van der Waals surface area contributed by atoms with Crippen molar-refractivity contribution in [3.63, 3.8) is 0 Å². The third-order valence-corrected chi connectivity index (χ3v) is 15.9. The Labute approximate surface area is 691 Å². The van der Waals surface area contributed by atoms with Gasteiger partial charge in [0, 0.05) is 47.5 Å². The molecule has 10 rings (SSSR count). The predicted octanol–water partition coefficient (Wildman–Crippen LogP) is 18.4. The largest absolute Gasteiger partial charge is 0.481 e. The third kappa shape index (κ3) is 33.0. The molecule has 0 unspecified atom stereocenters. The standard InChI is InChI=1S/C14H15ClFN3O2.C13H16ClFN2O2.2C12H11ClFN3O2.C9H9ClFNO.C8H8ClFN2.C7H3ClFN.ClH/c1-3-19-12(8-13(20)21-4-2)17-14(18-19)9-5-6-10(15)11(16)7-9;1-13(2,3)19-12(18)17-7-11(16)8-4-5-9(14)10(15)6-8;1-2-17-10(6-11(18)19)15-12(16-17)7-3-4-8(13)9(14)5-7;1-2-19-11(18)6-10-15-12(17-16-10)7-3-4-8(13)9(14)5-7;1-2-13-9(12)6-3-4-7(10)8(11)5-6;9-6-2-1-5(3-7(6)10)8(12)4-11;8-6-2-1-5(4-10)3-7(6)9;/h5-7H,3-4,8H2,1-2H3;4-6,16H,7H2,1-3H3,(H,17,18);3-5H,2,6H2,1H3,(H,18,19);3-5H,2,6H2,1H3,(H,15,16,17);3-5,12H,2H2,1H3;1-3,12H,4,11H2;1-3H;1H. The number of carbonyl (C=O) groups is 4. The van der Waals surface area contributed by atoms with E-state index in [-0.39, 0.29) is 115 Å². The summed E-state index contributed by atoms with van der Waals surface area (Å²) < 4.78 is 114. The number of carboxylic acids is 1. The van der Waals surface area contributed by atoms with Gasteiger partial charge in [-0.1, -0.05) is 93.3 Å². The number of hydrogen-bond donors (Lipinski definition) is 7. The average Bonchev–Trinajstić information content (AvgIpc) is 1.69. The molecule has 0 radical (unpaired) electrons. The van der Waals surface area contributed by atoms with Crippen LogP contribution in [0.1, 0.15) is 95.1 Å². The number of amides is 1. The highest BCUT2D eigenvalue weighted by atomic mass is 35.5. The molecular formula is C75H74Cl8F7N15O9. The molecule has 10 aromatic rings. The number of benzene rings is 7. The van der Waals surface area contributed by atoms with Crippen molar-refractivity contribution in [3.05, 3.63) is 243 Å². The van der Waals surface area contributed by atoms with Gasteiger partial charge in [0.2, 0.25) is 5.90 Å². The lowest BCUT2D eigenvalue weighted by atomic mass is 10.1. The fourth-order valence-corrected chi connectivity index (χ4v) is 9.31. The van der Waals surface area contributed by atoms with Crippen molar-refractivity contribution in [2.75, 3.05) is 32.9 Å². The van der Waals surface area contributed by atoms with E-state index in [9.17, 15) is 49.9 Å². The average molecular weight is 1750 g/mol. The van der Waals surface area contributed by atoms with Crippen LogP contribution in [0.15, 0.2) is 127 Å². The van der Waals surface area contributed by atoms with Crippen molar-refractivity contribution in [1.29, 1.82) is 21.5 Å². The number of nitriles is 1. The Kier molecular flexibility index (Phi) is 41.8. The smallest absolute Gasteiger partial charge is 0.407 e. The molecule has 7 aromatic carbocycles. The summed E-state index contributed by atoms with van der Waals surface area (Å²) in [4.78, 5) is 57.4. The van der Waals surface area contributed by atoms with Crippen LogP contribution in [0.2, 0.25) is 35.2 Å². The van der Waals surface area contributed by atoms with Crippen LogP contribution in [0.3, 0.4) is 0 Å². The minimum atomic E-state index is -0.990. The van der Waals surface area contributed by atoms with Crippen molar-refractivity contribution in [3.8, 4) is 40.2 Å². The van der Waals surface area contributed by atoms with E-state index in [0.717, 1.165) is 12.1 Å². The van der Waals surface area contributed by atoms with Gasteiger partial charge in [0.15, 0.2) is 17.5 Å². The molecule has 114 heavy (non-hydrogen) atoms. The quantitative estimate of drug-likeness (QED) is 0.0122. The van der Waals surface area contributed by atoms with Gasteiger partial charge in [-0.25, -0.2) is 59.8 Å². The van der Waals surface area contributed by atoms with Gasteiger partial charge >= 0.3 is 24.0 Å². The molecule has 608 valence electrons. The molecule has 0 saturated carbocycles. The number of halogens is 15. The van der Waals surface area contributed by atoms with Crippen molar-refractivity contribution < 1.29 is 74.0 Å². The molecule has 3 aromatic heterocycles. The van der Waals surface area contributed by atoms with E-state index in [1.807, 2.05) is 13.8 Å². The molecular weight excluding hydrogens is 1670 g/mol. The first kappa shape index (κ1) is 97.9. The van der Waals surface area contributed by atoms with Gasteiger partial charge in [-0.15, -0.1) is 12.4 Å². The molecule has 1 amide bonds. The van der Waals surface area contributed by atoms with E-state index in [4.69, 9.17) is 132 Å². The van der Waals surface area contributed by atoms with Crippen LogP contribution in [0.4, 0.5) is 35.5 Å². The normalized spacial score (nSPS) is 10.3. The lowest BCUT2D eigenvalue weighted by molar-refractivity contribution is -0.143. The number of nitrogens with zero attached hydrogens (tertiary/aromatic N) is 9. The van der Waals surface area contributed by atoms with Gasteiger partial charge in [0.05, 0.1) is 84.6 Å². The molecule has 0 aliphatic heterocycles. The molecule has 0 atom stereocenters. The number of esters is 2. The molecule has 0 aliphatic carbocycles. The number of hydrogen-bond acceptors (Lipinski definition) is 19. The Balaban J connectivity index is 0.000000348. The SMILES string of the molecule is CC(C)(C)OC(=O)NCC(=N)c1ccc(Cl)c(F)c1.CCOC(=N)c1ccc(Cl)c(F)c1.CCOC(=O)Cc1nc(-c2ccc(Cl)c(F)c2)n[nH]1.CCOC(=O)Cc1nc(-c2ccc(Cl)c(F)c2)nn1CC.CCn1nc(-c2ccc(Cl)c(F)c2)nc1CC(=O)O.Cl.N#Cc1ccc(Cl)c(F)c1.N=C(CN)c1ccc(Cl)c(F)c1. The van der Waals surface area contributed by atoms with E-state index in [2.05, 4.69) is 40.7 Å². The van der Waals surface area contributed by atoms with Crippen LogP contribution in [-0.4, -0.2) is 130 Å². The van der Waals surface area contributed by atoms with E-state index in [1.54, 1.807) is 82.6 Å². The topological polar surface area (TPSA) is 362 Å². The van der Waals surface area contributed by atoms with Crippen molar-refractivity contribution >= 4 is 135 Å². The molecule has 3 heterocycles. The highest BCUT2D eigenvalue weighted by Gasteiger charge is 2.20. The first-order valence-electron chi connectivity index (χ1n) is 33.3. The maximum absolute atomic E-state index is 13.5. The fourth-order valence-electron chi connectivity index (χ4n) is 8.49. The number of aryl methyl sites for hydroxylation is 2. The summed E-state index contributed by atoms with van der Waals surface area (Å²) in [6, 6.07) is 30.9. The van der Waals surface area contributed by atoms with Crippen molar-refractivity contribution in [2.45, 2.75) is 93.3 Å². The minimum Gasteiger partial charge on any atom is -0.481 e. The number of rotatable bonds is 20. The van der Waals surface area contributed by atoms with Gasteiger partial charge in [-0.2, -0.15) is 20.6 Å². The number of nitrogens with one attached hydrogen (secondary N) is 5. The molecule has 0 saturated heterocycles. The number of alkyl carbamates (subject to hydrolysis) is 1. The Bertz CT molecular complexity index is 5010. The Morgan fingerprint density at radius 3 is 1.26 bits per heavy atom. The maximum Gasteiger partial charge on any atom is 0.407 e. The molecule has 0 spiro atoms. The Hall–Kier alpha value is -10.3. The molecule has 39 heteroatoms. The van der Waals surface area contributed by atoms with Crippen LogP contribution in [0, 0.1) is 68.3 Å². The van der Waals surface area contributed by atoms with E-state index >= 15 is 0 Å². The van der Waals surface area contributed by atoms with Crippen LogP contribution < -0.4 is 11.1 Å². The summed E-state index contributed by atoms with van der Waals surface area (Å²) in [6.45, 7) is 16.3. The Morgan fingerprint density at radius 1 is 0.518 bits per heavy atom. The monoisotopic (exact) mass is 1740 g/mol. The number of carbonyl (C=O) groups excluding carboxylic acids is 3. The van der Waals surface area contributed by atoms with E-state index in [0.29, 0.717) is 95.4 Å². The number of aromatic nitrogens is 9. The second-order valence-corrected chi connectivity index (χ2v) is 26.1. The van der Waals surface area contributed by atoms with Gasteiger partial charge in [0.1, 0.15) is 83.1 Å². The van der Waals surface area contributed by atoms with E-state index in [1.165, 1.54) is 89.6 Å². The van der Waals surface area contributed by atoms with Gasteiger partial charge < -0.3 is 45.9 Å². The summed E-state index contributed by atoms with van der Waals surface area (Å²) >= 11 is 38.7. The van der Waals surface area contributed by atoms with Crippen LogP contribution in [-0.2, 0) is 65.7 Å². The van der Waals surface area contributed by atoms with Gasteiger partial charge in [-0.05, 0) is 176 Å². The summed E-state index contributed by atoms with van der Waals surface area (Å²) in [6.07, 6.45) is -0.815. The molecule has 0 aliphatic rings. The van der Waals surface area contributed by atoms with Crippen molar-refractivity contribution in [2.24, 2.45) is 5.73 Å². The molecule has 0 fully saturated rings. The second kappa shape index (κ2) is 48.7. The maximum atomic E-state index is 13.5. The fraction of sp³-hybridized carbons (Fsp3) is 0.253. The van der Waals surface area contributed by atoms with Crippen molar-refractivity contribution in [1.82, 2.24) is 50.0 Å². The number of nitrogens with two attached hydrogens (primary N) is 1. The number of carboxylic acid groups (broad SMARTS) is 1. The number of H-pyrrole nitrogens is 1. The number of aliphatic carboxylic acids is 1.